The first-order valence-electron chi connectivity index (χ1n) is 14.0. The molecule has 46 heavy (non-hydrogen) atoms. The molecule has 0 radical (unpaired) electrons. The monoisotopic (exact) mass is 655 g/mol. The molecule has 3 heterocycles. The number of aliphatic hydroxyl groups is 8. The summed E-state index contributed by atoms with van der Waals surface area (Å²) in [7, 11) is 2.59. The van der Waals surface area contributed by atoms with Gasteiger partial charge in [-0.05, 0) is 0 Å². The number of phenolic OH excluding ortho intramolecular Hbond substituents is 2. The fourth-order valence-corrected chi connectivity index (χ4v) is 5.14. The summed E-state index contributed by atoms with van der Waals surface area (Å²) in [5, 5.41) is 102. The van der Waals surface area contributed by atoms with E-state index in [9.17, 15) is 51.1 Å². The molecule has 2 fully saturated rings. The number of benzene rings is 2. The van der Waals surface area contributed by atoms with Crippen LogP contribution >= 0.6 is 0 Å². The normalized spacial score (nSPS) is 31.4. The summed E-state index contributed by atoms with van der Waals surface area (Å²) >= 11 is 0. The largest absolute Gasteiger partial charge is 0.507 e. The zero-order chi connectivity index (χ0) is 33.4. The number of aliphatic hydroxyl groups excluding tert-OH is 8. The van der Waals surface area contributed by atoms with Crippen LogP contribution in [0.25, 0.3) is 22.3 Å². The van der Waals surface area contributed by atoms with Crippen LogP contribution in [-0.4, -0.2) is 140 Å². The molecule has 0 bridgehead atoms. The molecule has 0 saturated carbocycles. The first kappa shape index (κ1) is 33.6. The fourth-order valence-electron chi connectivity index (χ4n) is 5.14. The second kappa shape index (κ2) is 13.5. The Morgan fingerprint density at radius 1 is 0.652 bits per heavy atom. The van der Waals surface area contributed by atoms with E-state index in [2.05, 4.69) is 0 Å². The summed E-state index contributed by atoms with van der Waals surface area (Å²) in [6, 6.07) is 6.40. The Balaban J connectivity index is 1.60. The van der Waals surface area contributed by atoms with Gasteiger partial charge in [0.2, 0.25) is 24.1 Å². The first-order valence-corrected chi connectivity index (χ1v) is 14.0. The maximum atomic E-state index is 11.0. The molecule has 1 aromatic heterocycles. The minimum absolute atomic E-state index is 0.0159. The molecule has 17 nitrogen and oxygen atoms in total. The number of hydrogen-bond donors (Lipinski definition) is 10. The summed E-state index contributed by atoms with van der Waals surface area (Å²) < 4.78 is 39.0. The smallest absolute Gasteiger partial charge is 0.402 e. The lowest BCUT2D eigenvalue weighted by atomic mass is 9.99. The summed E-state index contributed by atoms with van der Waals surface area (Å²) in [4.78, 5) is 0. The van der Waals surface area contributed by atoms with Crippen LogP contribution in [0.4, 0.5) is 0 Å². The quantitative estimate of drug-likeness (QED) is 0.114. The molecule has 3 aromatic rings. The molecule has 0 amide bonds. The van der Waals surface area contributed by atoms with E-state index in [1.807, 2.05) is 0 Å². The van der Waals surface area contributed by atoms with Crippen LogP contribution < -0.4 is 18.9 Å². The van der Waals surface area contributed by atoms with E-state index in [4.69, 9.17) is 32.8 Å². The van der Waals surface area contributed by atoms with E-state index in [-0.39, 0.29) is 51.0 Å². The molecule has 10 N–H and O–H groups in total. The summed E-state index contributed by atoms with van der Waals surface area (Å²) in [5.74, 6) is -1.30. The Labute approximate surface area is 260 Å². The van der Waals surface area contributed by atoms with Crippen LogP contribution in [0.1, 0.15) is 0 Å². The van der Waals surface area contributed by atoms with E-state index in [0.717, 1.165) is 6.07 Å². The lowest BCUT2D eigenvalue weighted by Crippen LogP contribution is -2.60. The van der Waals surface area contributed by atoms with Crippen molar-refractivity contribution >= 4 is 11.0 Å². The van der Waals surface area contributed by atoms with Gasteiger partial charge in [0.15, 0.2) is 11.5 Å². The first-order chi connectivity index (χ1) is 21.9. The van der Waals surface area contributed by atoms with Crippen molar-refractivity contribution in [2.75, 3.05) is 27.4 Å². The fraction of sp³-hybridized carbons (Fsp3) is 0.483. The Morgan fingerprint density at radius 3 is 1.67 bits per heavy atom. The topological polar surface area (TPSA) is 269 Å². The Morgan fingerprint density at radius 2 is 1.17 bits per heavy atom. The number of hydrogen-bond acceptors (Lipinski definition) is 16. The third-order valence-electron chi connectivity index (χ3n) is 7.74. The molecule has 17 heteroatoms. The number of aromatic hydroxyl groups is 2. The Hall–Kier alpha value is -3.75. The zero-order valence-corrected chi connectivity index (χ0v) is 24.4. The van der Waals surface area contributed by atoms with Gasteiger partial charge in [-0.1, -0.05) is 0 Å². The second-order valence-electron chi connectivity index (χ2n) is 10.7. The number of ether oxygens (including phenoxy) is 6. The Bertz CT molecular complexity index is 1500. The predicted octanol–water partition coefficient (Wildman–Crippen LogP) is -1.83. The van der Waals surface area contributed by atoms with Gasteiger partial charge >= 0.3 is 11.3 Å². The third-order valence-corrected chi connectivity index (χ3v) is 7.74. The van der Waals surface area contributed by atoms with Crippen molar-refractivity contribution in [2.24, 2.45) is 0 Å². The highest BCUT2D eigenvalue weighted by molar-refractivity contribution is 5.89. The molecule has 10 atom stereocenters. The van der Waals surface area contributed by atoms with Crippen LogP contribution in [0.3, 0.4) is 0 Å². The van der Waals surface area contributed by atoms with Gasteiger partial charge < -0.3 is 79.5 Å². The van der Waals surface area contributed by atoms with Gasteiger partial charge in [0, 0.05) is 24.3 Å². The van der Waals surface area contributed by atoms with Crippen LogP contribution in [0, 0.1) is 0 Å². The van der Waals surface area contributed by atoms with Crippen molar-refractivity contribution in [1.29, 1.82) is 0 Å². The standard InChI is InChI=1S/C29H34O17/c1-40-15-3-10(4-16(41-2)20(15)33)27-17(44-29-26(39)24(37)22(35)19(9-31)46-29)7-12-13(32)5-11(6-14(12)43-27)42-28-25(38)23(36)21(34)18(8-30)45-28/h3-7,18-19,21-26,28-31,34-39H,8-9H2,1-2H3,(H-,32,33)/p+1/t18-,19-,21-,22-,23+,24+,25-,26-,28-,29-/m1/s1. The van der Waals surface area contributed by atoms with Gasteiger partial charge in [-0.2, -0.15) is 0 Å². The molecule has 2 aromatic carbocycles. The van der Waals surface area contributed by atoms with Crippen molar-refractivity contribution in [3.63, 3.8) is 0 Å². The molecule has 0 spiro atoms. The SMILES string of the molecule is COc1cc(-c2[o+]c3cc(O[C@@H]4O[C@H](CO)[C@@H](O)[C@H](O)[C@H]4O)cc(O)c3cc2O[C@@H]2O[C@H](CO)[C@@H](O)[C@H](O)[C@H]2O)cc(OC)c1O. The van der Waals surface area contributed by atoms with Gasteiger partial charge in [0.1, 0.15) is 65.7 Å². The highest BCUT2D eigenvalue weighted by Gasteiger charge is 2.47. The molecule has 0 aliphatic carbocycles. The molecule has 5 rings (SSSR count). The summed E-state index contributed by atoms with van der Waals surface area (Å²) in [5.41, 5.74) is 0.120. The maximum absolute atomic E-state index is 11.0. The molecule has 2 aliphatic heterocycles. The van der Waals surface area contributed by atoms with E-state index in [1.54, 1.807) is 0 Å². The highest BCUT2D eigenvalue weighted by Crippen LogP contribution is 2.45. The van der Waals surface area contributed by atoms with Crippen molar-refractivity contribution in [3.05, 3.63) is 30.3 Å². The van der Waals surface area contributed by atoms with E-state index >= 15 is 0 Å². The predicted molar refractivity (Wildman–Crippen MR) is 151 cm³/mol. The van der Waals surface area contributed by atoms with Crippen molar-refractivity contribution in [1.82, 2.24) is 0 Å². The van der Waals surface area contributed by atoms with Gasteiger partial charge in [-0.3, -0.25) is 0 Å². The average Bonchev–Trinajstić information content (AvgIpc) is 3.05. The van der Waals surface area contributed by atoms with E-state index in [1.165, 1.54) is 38.5 Å². The van der Waals surface area contributed by atoms with Gasteiger partial charge in [0.25, 0.3) is 0 Å². The summed E-state index contributed by atoms with van der Waals surface area (Å²) in [6.45, 7) is -1.41. The third kappa shape index (κ3) is 6.17. The van der Waals surface area contributed by atoms with Gasteiger partial charge in [0.05, 0.1) is 39.1 Å². The van der Waals surface area contributed by atoms with Gasteiger partial charge in [-0.15, -0.1) is 0 Å². The maximum Gasteiger partial charge on any atom is 0.402 e. The molecule has 0 unspecified atom stereocenters. The van der Waals surface area contributed by atoms with Crippen molar-refractivity contribution in [3.8, 4) is 45.8 Å². The highest BCUT2D eigenvalue weighted by atomic mass is 16.7. The minimum Gasteiger partial charge on any atom is -0.507 e. The number of fused-ring (bicyclic) bond motifs is 1. The average molecular weight is 656 g/mol. The number of rotatable bonds is 9. The molecule has 252 valence electrons. The lowest BCUT2D eigenvalue weighted by Gasteiger charge is -2.39. The lowest BCUT2D eigenvalue weighted by molar-refractivity contribution is -0.277. The van der Waals surface area contributed by atoms with E-state index in [0.29, 0.717) is 0 Å². The number of phenols is 2. The minimum atomic E-state index is -1.80. The van der Waals surface area contributed by atoms with Crippen molar-refractivity contribution in [2.45, 2.75) is 61.4 Å². The van der Waals surface area contributed by atoms with Crippen LogP contribution in [0.2, 0.25) is 0 Å². The zero-order valence-electron chi connectivity index (χ0n) is 24.4. The molecular weight excluding hydrogens is 620 g/mol. The Kier molecular flexibility index (Phi) is 9.89. The van der Waals surface area contributed by atoms with Gasteiger partial charge in [-0.25, -0.2) is 4.42 Å². The molecule has 2 saturated heterocycles. The molecule has 2 aliphatic rings. The van der Waals surface area contributed by atoms with Crippen molar-refractivity contribution < 1.29 is 83.9 Å². The van der Waals surface area contributed by atoms with E-state index < -0.39 is 80.4 Å². The van der Waals surface area contributed by atoms with Crippen LogP contribution in [0.5, 0.6) is 34.5 Å². The second-order valence-corrected chi connectivity index (χ2v) is 10.7. The number of methoxy groups -OCH3 is 2. The summed E-state index contributed by atoms with van der Waals surface area (Å²) in [6.07, 6.45) is -16.1. The van der Waals surface area contributed by atoms with Crippen LogP contribution in [-0.2, 0) is 9.47 Å². The van der Waals surface area contributed by atoms with Crippen LogP contribution in [0.15, 0.2) is 34.7 Å². The molecular formula is C29H35O17+.